The molecule has 1 saturated heterocycles. The third-order valence-corrected chi connectivity index (χ3v) is 8.67. The van der Waals surface area contributed by atoms with Gasteiger partial charge in [-0.2, -0.15) is 0 Å². The number of rotatable bonds is 2. The van der Waals surface area contributed by atoms with Gasteiger partial charge in [0.15, 0.2) is 5.13 Å². The minimum absolute atomic E-state index is 0.0127. The Morgan fingerprint density at radius 3 is 2.68 bits per heavy atom. The normalized spacial score (nSPS) is 33.7. The number of nitrogens with one attached hydrogen (secondary N) is 2. The Labute approximate surface area is 186 Å². The molecule has 31 heavy (non-hydrogen) atoms. The molecule has 1 saturated carbocycles. The van der Waals surface area contributed by atoms with Gasteiger partial charge in [0, 0.05) is 28.3 Å². The second kappa shape index (κ2) is 7.33. The minimum atomic E-state index is -0.287. The predicted octanol–water partition coefficient (Wildman–Crippen LogP) is 5.35. The lowest BCUT2D eigenvalue weighted by atomic mass is 9.54. The molecule has 1 aromatic carbocycles. The van der Waals surface area contributed by atoms with Gasteiger partial charge in [-0.05, 0) is 43.7 Å². The molecule has 164 valence electrons. The number of anilines is 2. The number of esters is 1. The number of ether oxygens (including phenoxy) is 1. The number of carbonyl (C=O) groups excluding carboxylic acids is 2. The van der Waals surface area contributed by atoms with Gasteiger partial charge < -0.3 is 10.1 Å². The van der Waals surface area contributed by atoms with E-state index in [1.807, 2.05) is 38.1 Å². The molecule has 5 rings (SSSR count). The summed E-state index contributed by atoms with van der Waals surface area (Å²) in [6.07, 6.45) is 3.03. The Hall–Kier alpha value is -2.41. The summed E-state index contributed by atoms with van der Waals surface area (Å²) >= 11 is 1.57. The number of amides is 2. The SMILES string of the molecule is Cc1ccc(NC(=O)Nc2nc3c(s2)C[C@]2(C)CC[C@@H]4[C@H](OC(=O)[C@H]4C)[C@H]2[C@@H]3C)cc1. The number of carbonyl (C=O) groups is 2. The van der Waals surface area contributed by atoms with Crippen LogP contribution in [0.3, 0.4) is 0 Å². The van der Waals surface area contributed by atoms with E-state index in [1.54, 1.807) is 11.3 Å². The zero-order valence-electron chi connectivity index (χ0n) is 18.4. The summed E-state index contributed by atoms with van der Waals surface area (Å²) in [5.41, 5.74) is 3.03. The number of nitrogens with zero attached hydrogens (tertiary/aromatic N) is 1. The molecule has 7 heteroatoms. The Kier molecular flexibility index (Phi) is 4.84. The van der Waals surface area contributed by atoms with Crippen molar-refractivity contribution >= 4 is 34.2 Å². The van der Waals surface area contributed by atoms with E-state index in [1.165, 1.54) is 4.88 Å². The Morgan fingerprint density at radius 2 is 1.94 bits per heavy atom. The van der Waals surface area contributed by atoms with Crippen LogP contribution in [0.5, 0.6) is 0 Å². The fraction of sp³-hybridized carbons (Fsp3) is 0.542. The van der Waals surface area contributed by atoms with Gasteiger partial charge in [0.1, 0.15) is 6.10 Å². The van der Waals surface area contributed by atoms with Crippen LogP contribution in [0.2, 0.25) is 0 Å². The van der Waals surface area contributed by atoms with E-state index >= 15 is 0 Å². The molecule has 0 radical (unpaired) electrons. The third-order valence-electron chi connectivity index (χ3n) is 7.69. The van der Waals surface area contributed by atoms with E-state index in [4.69, 9.17) is 9.72 Å². The van der Waals surface area contributed by atoms with Crippen molar-refractivity contribution < 1.29 is 14.3 Å². The van der Waals surface area contributed by atoms with Gasteiger partial charge in [0.05, 0.1) is 11.6 Å². The van der Waals surface area contributed by atoms with E-state index in [2.05, 4.69) is 24.5 Å². The Bertz CT molecular complexity index is 1030. The maximum Gasteiger partial charge on any atom is 0.325 e. The summed E-state index contributed by atoms with van der Waals surface area (Å²) in [6.45, 7) is 8.56. The molecule has 0 spiro atoms. The highest BCUT2D eigenvalue weighted by molar-refractivity contribution is 7.15. The van der Waals surface area contributed by atoms with Gasteiger partial charge >= 0.3 is 12.0 Å². The molecule has 2 fully saturated rings. The summed E-state index contributed by atoms with van der Waals surface area (Å²) in [5.74, 6) is 0.702. The summed E-state index contributed by atoms with van der Waals surface area (Å²) in [5, 5.41) is 6.40. The summed E-state index contributed by atoms with van der Waals surface area (Å²) < 4.78 is 5.90. The molecule has 3 aliphatic rings. The Balaban J connectivity index is 1.36. The summed E-state index contributed by atoms with van der Waals surface area (Å²) in [4.78, 5) is 30.8. The van der Waals surface area contributed by atoms with Gasteiger partial charge in [0.2, 0.25) is 0 Å². The predicted molar refractivity (Wildman–Crippen MR) is 121 cm³/mol. The number of benzene rings is 1. The van der Waals surface area contributed by atoms with E-state index in [-0.39, 0.29) is 41.3 Å². The topological polar surface area (TPSA) is 80.3 Å². The number of fused-ring (bicyclic) bond motifs is 4. The molecule has 2 amide bonds. The fourth-order valence-electron chi connectivity index (χ4n) is 6.03. The van der Waals surface area contributed by atoms with Crippen molar-refractivity contribution in [3.63, 3.8) is 0 Å². The molecule has 6 nitrogen and oxygen atoms in total. The second-order valence-electron chi connectivity index (χ2n) is 9.81. The summed E-state index contributed by atoms with van der Waals surface area (Å²) in [6, 6.07) is 7.41. The van der Waals surface area contributed by atoms with E-state index < -0.39 is 0 Å². The van der Waals surface area contributed by atoms with E-state index in [9.17, 15) is 9.59 Å². The zero-order chi connectivity index (χ0) is 21.9. The molecule has 0 bridgehead atoms. The van der Waals surface area contributed by atoms with Crippen molar-refractivity contribution in [2.75, 3.05) is 10.6 Å². The lowest BCUT2D eigenvalue weighted by Gasteiger charge is -2.51. The molecule has 0 unspecified atom stereocenters. The highest BCUT2D eigenvalue weighted by Crippen LogP contribution is 2.59. The number of urea groups is 1. The van der Waals surface area contributed by atoms with Crippen LogP contribution in [0.15, 0.2) is 24.3 Å². The molecule has 2 aliphatic carbocycles. The average molecular weight is 440 g/mol. The Morgan fingerprint density at radius 1 is 1.19 bits per heavy atom. The molecular formula is C24H29N3O3S. The smallest absolute Gasteiger partial charge is 0.325 e. The standard InChI is InChI=1S/C24H29N3O3S/c1-12-5-7-15(8-6-12)25-22(29)27-23-26-19-14(3)18-20-16(13(2)21(28)30-20)9-10-24(18,4)11-17(19)31-23/h5-8,13-14,16,18,20H,9-11H2,1-4H3,(H2,25,26,27,29)/t13-,14-,16-,18+,20-,24-/m0/s1. The van der Waals surface area contributed by atoms with Crippen LogP contribution >= 0.6 is 11.3 Å². The number of thiazole rings is 1. The highest BCUT2D eigenvalue weighted by atomic mass is 32.1. The van der Waals surface area contributed by atoms with Crippen LogP contribution < -0.4 is 10.6 Å². The first kappa shape index (κ1) is 20.5. The first-order chi connectivity index (χ1) is 14.7. The molecule has 2 aromatic rings. The molecule has 2 N–H and O–H groups in total. The molecule has 6 atom stereocenters. The molecule has 2 heterocycles. The number of aromatic nitrogens is 1. The van der Waals surface area contributed by atoms with Crippen molar-refractivity contribution in [3.05, 3.63) is 40.4 Å². The largest absolute Gasteiger partial charge is 0.461 e. The van der Waals surface area contributed by atoms with Crippen LogP contribution in [0.1, 0.15) is 55.7 Å². The van der Waals surface area contributed by atoms with Crippen molar-refractivity contribution in [3.8, 4) is 0 Å². The van der Waals surface area contributed by atoms with Crippen LogP contribution in [-0.4, -0.2) is 23.1 Å². The third kappa shape index (κ3) is 3.43. The van der Waals surface area contributed by atoms with Crippen molar-refractivity contribution in [2.45, 2.75) is 59.0 Å². The first-order valence-corrected chi connectivity index (χ1v) is 11.9. The lowest BCUT2D eigenvalue weighted by Crippen LogP contribution is -2.50. The maximum absolute atomic E-state index is 12.5. The van der Waals surface area contributed by atoms with E-state index in [0.717, 1.165) is 36.2 Å². The van der Waals surface area contributed by atoms with Crippen molar-refractivity contribution in [2.24, 2.45) is 23.2 Å². The van der Waals surface area contributed by atoms with Crippen LogP contribution in [-0.2, 0) is 16.0 Å². The van der Waals surface area contributed by atoms with Crippen molar-refractivity contribution in [1.29, 1.82) is 0 Å². The molecular weight excluding hydrogens is 410 g/mol. The van der Waals surface area contributed by atoms with Crippen LogP contribution in [0, 0.1) is 30.1 Å². The zero-order valence-corrected chi connectivity index (χ0v) is 19.2. The van der Waals surface area contributed by atoms with Crippen molar-refractivity contribution in [1.82, 2.24) is 4.98 Å². The number of hydrogen-bond donors (Lipinski definition) is 2. The van der Waals surface area contributed by atoms with E-state index in [0.29, 0.717) is 11.0 Å². The maximum atomic E-state index is 12.5. The summed E-state index contributed by atoms with van der Waals surface area (Å²) in [7, 11) is 0. The quantitative estimate of drug-likeness (QED) is 0.618. The van der Waals surface area contributed by atoms with Crippen LogP contribution in [0.4, 0.5) is 15.6 Å². The monoisotopic (exact) mass is 439 g/mol. The fourth-order valence-corrected chi connectivity index (χ4v) is 7.29. The highest BCUT2D eigenvalue weighted by Gasteiger charge is 2.58. The van der Waals surface area contributed by atoms with Gasteiger partial charge in [0.25, 0.3) is 0 Å². The number of aryl methyl sites for hydroxylation is 1. The molecule has 1 aromatic heterocycles. The molecule has 1 aliphatic heterocycles. The van der Waals surface area contributed by atoms with Crippen LogP contribution in [0.25, 0.3) is 0 Å². The minimum Gasteiger partial charge on any atom is -0.461 e. The first-order valence-electron chi connectivity index (χ1n) is 11.1. The lowest BCUT2D eigenvalue weighted by molar-refractivity contribution is -0.149. The van der Waals surface area contributed by atoms with Gasteiger partial charge in [-0.15, -0.1) is 11.3 Å². The second-order valence-corrected chi connectivity index (χ2v) is 10.9. The average Bonchev–Trinajstić information content (AvgIpc) is 3.23. The number of hydrogen-bond acceptors (Lipinski definition) is 5. The van der Waals surface area contributed by atoms with Gasteiger partial charge in [-0.1, -0.05) is 38.5 Å². The van der Waals surface area contributed by atoms with Gasteiger partial charge in [-0.3, -0.25) is 10.1 Å². The van der Waals surface area contributed by atoms with Gasteiger partial charge in [-0.25, -0.2) is 9.78 Å².